The lowest BCUT2D eigenvalue weighted by atomic mass is 9.97. The molecule has 103 heavy (non-hydrogen) atoms. The molecule has 1 rings (SSSR count). The van der Waals surface area contributed by atoms with E-state index in [9.17, 15) is 39.0 Å². The number of phosphoric acid groups is 2. The first-order chi connectivity index (χ1) is 48.7. The van der Waals surface area contributed by atoms with Crippen molar-refractivity contribution in [1.82, 2.24) is 5.32 Å². The first-order valence-electron chi connectivity index (χ1n) is 39.1. The number of carbonyl (C=O) groups is 1. The van der Waals surface area contributed by atoms with Gasteiger partial charge in [0.05, 0.1) is 13.2 Å². The highest BCUT2D eigenvalue weighted by Crippen LogP contribution is 2.61. The zero-order chi connectivity index (χ0) is 77.2. The fourth-order valence-electron chi connectivity index (χ4n) is 12.1. The fraction of sp³-hybridized carbons (Fsp3) is 0.648. The van der Waals surface area contributed by atoms with Gasteiger partial charge in [0.1, 0.15) is 24.4 Å². The first kappa shape index (κ1) is 96.7. The summed E-state index contributed by atoms with van der Waals surface area (Å²) in [6.45, 7) is 38.2. The normalized spacial score (nSPS) is 20.4. The Morgan fingerprint density at radius 3 is 0.854 bits per heavy atom. The number of carbonyl (C=O) groups excluding carboxylic acids is 1. The van der Waals surface area contributed by atoms with E-state index in [1.165, 1.54) is 103 Å². The van der Waals surface area contributed by atoms with Crippen molar-refractivity contribution in [2.75, 3.05) is 13.2 Å². The van der Waals surface area contributed by atoms with Crippen LogP contribution < -0.4 is 5.32 Å². The molecule has 0 aromatic heterocycles. The van der Waals surface area contributed by atoms with Gasteiger partial charge in [0.2, 0.25) is 5.91 Å². The molecule has 1 saturated heterocycles. The van der Waals surface area contributed by atoms with Gasteiger partial charge in [0.15, 0.2) is 6.29 Å². The van der Waals surface area contributed by atoms with E-state index in [2.05, 4.69) is 212 Å². The number of amides is 1. The van der Waals surface area contributed by atoms with Gasteiger partial charge in [-0.05, 0) is 316 Å². The second kappa shape index (κ2) is 56.9. The molecule has 0 aromatic carbocycles. The Morgan fingerprint density at radius 2 is 0.621 bits per heavy atom. The molecule has 8 atom stereocenters. The lowest BCUT2D eigenvalue weighted by Crippen LogP contribution is -2.64. The van der Waals surface area contributed by atoms with Gasteiger partial charge in [-0.15, -0.1) is 0 Å². The number of phosphoric ester groups is 2. The Bertz CT molecular complexity index is 3060. The number of ether oxygens (including phenoxy) is 1. The van der Waals surface area contributed by atoms with Crippen LogP contribution in [-0.2, 0) is 32.0 Å². The van der Waals surface area contributed by atoms with E-state index < -0.39 is 58.8 Å². The Hall–Kier alpha value is -4.33. The van der Waals surface area contributed by atoms with E-state index in [4.69, 9.17) is 13.8 Å². The van der Waals surface area contributed by atoms with Crippen molar-refractivity contribution in [2.24, 2.45) is 5.92 Å². The zero-order valence-corrected chi connectivity index (χ0v) is 69.7. The number of nitrogens with one attached hydrogen (secondary N) is 1. The maximum Gasteiger partial charge on any atom is 0.483 e. The molecule has 3 unspecified atom stereocenters. The molecule has 6 N–H and O–H groups in total. The first-order valence-corrected chi connectivity index (χ1v) is 42.1. The van der Waals surface area contributed by atoms with Crippen molar-refractivity contribution in [3.05, 3.63) is 175 Å². The second-order valence-corrected chi connectivity index (χ2v) is 33.4. The SMILES string of the molecule is CC(=O)N[C@H]1[C@@H](OP(=O)(O)OP(=O)(O)OCCC(C)CC/C=C(/C)CC/C=C(/C)CC/C=C(/C)CC/C=C(/C)CC/C=C(/C)CC/C=C(/C)CC/C=C(/C)CC/C=C(/C)CC/C=C(/C)CC/C=C(/C)CC/C=C(/C)CC/C=C(/C)CC/C=C(\C)CC/C=C(\C)CCC=C(C)C)O[C@H](CO)[C@@H](O)[C@@H]1O. The highest BCUT2D eigenvalue weighted by molar-refractivity contribution is 7.61. The molecule has 586 valence electrons. The van der Waals surface area contributed by atoms with Crippen LogP contribution in [0.25, 0.3) is 0 Å². The molecule has 0 radical (unpaired) electrons. The molecular weight excluding hydrogens is 1320 g/mol. The van der Waals surface area contributed by atoms with Gasteiger partial charge in [0, 0.05) is 6.92 Å². The van der Waals surface area contributed by atoms with Gasteiger partial charge < -0.3 is 35.2 Å². The van der Waals surface area contributed by atoms with Crippen molar-refractivity contribution in [1.29, 1.82) is 0 Å². The van der Waals surface area contributed by atoms with Crippen LogP contribution in [-0.4, -0.2) is 74.9 Å². The fourth-order valence-corrected chi connectivity index (χ4v) is 14.3. The number of hydrogen-bond acceptors (Lipinski definition) is 10. The van der Waals surface area contributed by atoms with Gasteiger partial charge in [-0.3, -0.25) is 13.8 Å². The number of rotatable bonds is 55. The molecule has 0 aliphatic carbocycles. The highest BCUT2D eigenvalue weighted by Gasteiger charge is 2.49. The van der Waals surface area contributed by atoms with E-state index in [1.807, 2.05) is 6.92 Å². The molecule has 1 fully saturated rings. The van der Waals surface area contributed by atoms with Crippen LogP contribution >= 0.6 is 15.6 Å². The van der Waals surface area contributed by atoms with Crippen molar-refractivity contribution in [3.63, 3.8) is 0 Å². The minimum Gasteiger partial charge on any atom is -0.394 e. The number of aliphatic hydroxyl groups is 3. The number of allylic oxidation sites excluding steroid dienone is 30. The average Bonchev–Trinajstić information content (AvgIpc) is 0.794. The Morgan fingerprint density at radius 1 is 0.379 bits per heavy atom. The molecule has 13 nitrogen and oxygen atoms in total. The van der Waals surface area contributed by atoms with Gasteiger partial charge >= 0.3 is 15.6 Å². The lowest BCUT2D eigenvalue weighted by molar-refractivity contribution is -0.247. The van der Waals surface area contributed by atoms with E-state index in [-0.39, 0.29) is 12.5 Å². The van der Waals surface area contributed by atoms with E-state index >= 15 is 0 Å². The molecular formula is C88H147NO12P2. The summed E-state index contributed by atoms with van der Waals surface area (Å²) < 4.78 is 44.7. The Balaban J connectivity index is 2.27. The summed E-state index contributed by atoms with van der Waals surface area (Å²) in [6.07, 6.45) is 62.6. The molecule has 0 aromatic rings. The van der Waals surface area contributed by atoms with Crippen LogP contribution in [0.2, 0.25) is 0 Å². The molecule has 0 bridgehead atoms. The van der Waals surface area contributed by atoms with Crippen LogP contribution in [0.3, 0.4) is 0 Å². The van der Waals surface area contributed by atoms with Gasteiger partial charge in [0.25, 0.3) is 0 Å². The van der Waals surface area contributed by atoms with Crippen molar-refractivity contribution >= 4 is 21.6 Å². The average molecular weight is 1470 g/mol. The maximum atomic E-state index is 12.7. The predicted octanol–water partition coefficient (Wildman–Crippen LogP) is 25.1. The topological polar surface area (TPSA) is 201 Å². The third-order valence-electron chi connectivity index (χ3n) is 19.2. The molecule has 1 aliphatic rings. The molecule has 0 saturated carbocycles. The van der Waals surface area contributed by atoms with Gasteiger partial charge in [-0.2, -0.15) is 4.31 Å². The molecule has 1 heterocycles. The van der Waals surface area contributed by atoms with E-state index in [1.54, 1.807) is 0 Å². The lowest BCUT2D eigenvalue weighted by Gasteiger charge is -2.42. The maximum absolute atomic E-state index is 12.7. The summed E-state index contributed by atoms with van der Waals surface area (Å²) in [5.41, 5.74) is 22.1. The van der Waals surface area contributed by atoms with E-state index in [0.717, 1.165) is 180 Å². The smallest absolute Gasteiger partial charge is 0.394 e. The quantitative estimate of drug-likeness (QED) is 0.0249. The van der Waals surface area contributed by atoms with Crippen LogP contribution in [0.15, 0.2) is 175 Å². The van der Waals surface area contributed by atoms with E-state index in [0.29, 0.717) is 6.42 Å². The third-order valence-corrected chi connectivity index (χ3v) is 21.8. The summed E-state index contributed by atoms with van der Waals surface area (Å²) in [5.74, 6) is -0.603. The Kier molecular flexibility index (Phi) is 53.4. The summed E-state index contributed by atoms with van der Waals surface area (Å²) >= 11 is 0. The third kappa shape index (κ3) is 53.2. The van der Waals surface area contributed by atoms with Crippen molar-refractivity contribution in [3.8, 4) is 0 Å². The molecule has 1 aliphatic heterocycles. The minimum absolute atomic E-state index is 0.0980. The van der Waals surface area contributed by atoms with Crippen LogP contribution in [0.4, 0.5) is 0 Å². The van der Waals surface area contributed by atoms with Crippen molar-refractivity contribution < 1.29 is 57.1 Å². The predicted molar refractivity (Wildman–Crippen MR) is 437 cm³/mol. The molecule has 15 heteroatoms. The summed E-state index contributed by atoms with van der Waals surface area (Å²) in [5, 5.41) is 32.2. The number of aliphatic hydroxyl groups excluding tert-OH is 3. The summed E-state index contributed by atoms with van der Waals surface area (Å²) in [4.78, 5) is 32.1. The minimum atomic E-state index is -5.41. The van der Waals surface area contributed by atoms with Crippen LogP contribution in [0.1, 0.15) is 324 Å². The standard InChI is InChI=1S/C88H147NO12P2/c1-67(2)34-19-35-68(3)36-20-37-69(4)38-21-39-70(5)40-22-41-71(6)42-23-43-72(7)44-24-45-73(8)46-25-47-74(9)48-26-49-75(10)50-27-51-76(11)52-28-53-77(12)54-29-55-78(13)56-30-57-79(14)58-31-59-80(15)60-32-61-81(16)62-33-63-82(17)64-65-98-102(94,95)101-103(96,97)100-88-85(89-83(18)91)87(93)86(92)84(66-90)99-88/h34,36,38,40,42,44,46,48,50,52,54,56,58,60,62,82,84-88,90,92-93H,19-33,35,37,39,41,43,45,47,49,51,53,55,57,59,61,63-66H2,1-18H3,(H,89,91)(H,94,95)(H,96,97)/b68-36+,69-38+,70-40-,71-42-,72-44-,73-46-,74-48-,75-50-,76-52-,77-54-,78-56-,79-58-,80-60-,81-62-/t82?,84-,85-,86-,87-,88-/m1/s1. The van der Waals surface area contributed by atoms with Crippen LogP contribution in [0, 0.1) is 5.92 Å². The highest BCUT2D eigenvalue weighted by atomic mass is 31.3. The number of hydrogen-bond donors (Lipinski definition) is 6. The monoisotopic (exact) mass is 1470 g/mol. The zero-order valence-electron chi connectivity index (χ0n) is 67.9. The van der Waals surface area contributed by atoms with Crippen LogP contribution in [0.5, 0.6) is 0 Å². The Labute approximate surface area is 628 Å². The summed E-state index contributed by atoms with van der Waals surface area (Å²) in [7, 11) is -10.5. The van der Waals surface area contributed by atoms with Crippen molar-refractivity contribution in [2.45, 2.75) is 354 Å². The van der Waals surface area contributed by atoms with Gasteiger partial charge in [-0.25, -0.2) is 9.13 Å². The van der Waals surface area contributed by atoms with Gasteiger partial charge in [-0.1, -0.05) is 182 Å². The molecule has 1 amide bonds. The summed E-state index contributed by atoms with van der Waals surface area (Å²) in [6, 6.07) is -1.57. The second-order valence-electron chi connectivity index (χ2n) is 30.4. The molecule has 0 spiro atoms. The largest absolute Gasteiger partial charge is 0.483 e.